The fourth-order valence-electron chi connectivity index (χ4n) is 1.05. The van der Waals surface area contributed by atoms with E-state index in [2.05, 4.69) is 11.2 Å². The van der Waals surface area contributed by atoms with Gasteiger partial charge in [0.15, 0.2) is 0 Å². The molecule has 1 aromatic carbocycles. The molecule has 72 valence electrons. The van der Waals surface area contributed by atoms with E-state index in [0.29, 0.717) is 5.56 Å². The molecule has 0 aliphatic carbocycles. The summed E-state index contributed by atoms with van der Waals surface area (Å²) in [6, 6.07) is 6.72. The van der Waals surface area contributed by atoms with E-state index < -0.39 is 0 Å². The van der Waals surface area contributed by atoms with Crippen LogP contribution >= 0.6 is 0 Å². The first-order valence-electron chi connectivity index (χ1n) is 4.21. The van der Waals surface area contributed by atoms with E-state index in [1.165, 1.54) is 0 Å². The Morgan fingerprint density at radius 2 is 2.21 bits per heavy atom. The van der Waals surface area contributed by atoms with Gasteiger partial charge in [-0.2, -0.15) is 0 Å². The minimum atomic E-state index is -0.190. The topological polar surface area (TPSA) is 49.3 Å². The van der Waals surface area contributed by atoms with Crippen LogP contribution < -0.4 is 5.32 Å². The van der Waals surface area contributed by atoms with Gasteiger partial charge in [-0.05, 0) is 6.07 Å². The van der Waals surface area contributed by atoms with Crippen LogP contribution in [0.15, 0.2) is 24.3 Å². The molecule has 0 saturated carbocycles. The molecule has 14 heavy (non-hydrogen) atoms. The molecular weight excluding hydrogens is 178 g/mol. The molecule has 0 aliphatic rings. The molecule has 0 aromatic heterocycles. The Kier molecular flexibility index (Phi) is 3.57. The summed E-state index contributed by atoms with van der Waals surface area (Å²) in [5.41, 5.74) is 0.599. The van der Waals surface area contributed by atoms with Crippen molar-refractivity contribution in [1.82, 2.24) is 5.32 Å². The Balaban J connectivity index is 2.57. The summed E-state index contributed by atoms with van der Waals surface area (Å²) in [4.78, 5) is 11.2. The van der Waals surface area contributed by atoms with Crippen LogP contribution in [0.3, 0.4) is 0 Å². The van der Waals surface area contributed by atoms with E-state index >= 15 is 0 Å². The van der Waals surface area contributed by atoms with Crippen molar-refractivity contribution < 1.29 is 9.90 Å². The van der Waals surface area contributed by atoms with Gasteiger partial charge in [0.25, 0.3) is 0 Å². The molecule has 3 heteroatoms. The number of hydrogen-bond donors (Lipinski definition) is 2. The number of terminal acetylenes is 1. The van der Waals surface area contributed by atoms with E-state index in [1.54, 1.807) is 24.3 Å². The summed E-state index contributed by atoms with van der Waals surface area (Å²) in [5.74, 6) is 2.24. The first kappa shape index (κ1) is 10.1. The lowest BCUT2D eigenvalue weighted by Crippen LogP contribution is -2.25. The molecule has 2 N–H and O–H groups in total. The lowest BCUT2D eigenvalue weighted by atomic mass is 10.1. The average molecular weight is 189 g/mol. The Bertz CT molecular complexity index is 366. The van der Waals surface area contributed by atoms with Gasteiger partial charge in [0.2, 0.25) is 5.91 Å². The third-order valence-electron chi connectivity index (χ3n) is 1.73. The van der Waals surface area contributed by atoms with Crippen molar-refractivity contribution in [2.75, 3.05) is 6.54 Å². The van der Waals surface area contributed by atoms with E-state index in [0.717, 1.165) is 0 Å². The van der Waals surface area contributed by atoms with Crippen LogP contribution in [0.1, 0.15) is 5.56 Å². The van der Waals surface area contributed by atoms with Crippen molar-refractivity contribution in [2.45, 2.75) is 6.42 Å². The zero-order chi connectivity index (χ0) is 10.4. The first-order valence-corrected chi connectivity index (χ1v) is 4.21. The van der Waals surface area contributed by atoms with Crippen LogP contribution in [0.25, 0.3) is 0 Å². The zero-order valence-corrected chi connectivity index (χ0v) is 7.66. The number of nitrogens with one attached hydrogen (secondary N) is 1. The normalized spacial score (nSPS) is 9.07. The van der Waals surface area contributed by atoms with Gasteiger partial charge >= 0.3 is 0 Å². The molecule has 1 amide bonds. The first-order chi connectivity index (χ1) is 6.74. The maximum Gasteiger partial charge on any atom is 0.225 e. The fourth-order valence-corrected chi connectivity index (χ4v) is 1.05. The van der Waals surface area contributed by atoms with Gasteiger partial charge in [-0.25, -0.2) is 0 Å². The smallest absolute Gasteiger partial charge is 0.225 e. The summed E-state index contributed by atoms with van der Waals surface area (Å²) in [5, 5.41) is 11.9. The summed E-state index contributed by atoms with van der Waals surface area (Å²) < 4.78 is 0. The van der Waals surface area contributed by atoms with Crippen LogP contribution in [0.2, 0.25) is 0 Å². The van der Waals surface area contributed by atoms with Crippen molar-refractivity contribution in [1.29, 1.82) is 0 Å². The number of hydrogen-bond acceptors (Lipinski definition) is 2. The maximum atomic E-state index is 11.2. The Morgan fingerprint density at radius 1 is 1.50 bits per heavy atom. The highest BCUT2D eigenvalue weighted by Crippen LogP contribution is 2.15. The minimum Gasteiger partial charge on any atom is -0.508 e. The molecular formula is C11H11NO2. The molecule has 0 atom stereocenters. The SMILES string of the molecule is C#CCNC(=O)Cc1ccccc1O. The number of aromatic hydroxyl groups is 1. The number of phenols is 1. The lowest BCUT2D eigenvalue weighted by Gasteiger charge is -2.03. The predicted octanol–water partition coefficient (Wildman–Crippen LogP) is 0.684. The largest absolute Gasteiger partial charge is 0.508 e. The lowest BCUT2D eigenvalue weighted by molar-refractivity contribution is -0.120. The molecule has 0 spiro atoms. The summed E-state index contributed by atoms with van der Waals surface area (Å²) in [7, 11) is 0. The number of benzene rings is 1. The molecule has 0 aliphatic heterocycles. The highest BCUT2D eigenvalue weighted by molar-refractivity contribution is 5.79. The number of amides is 1. The van der Waals surface area contributed by atoms with Crippen LogP contribution in [-0.2, 0) is 11.2 Å². The van der Waals surface area contributed by atoms with Gasteiger partial charge < -0.3 is 10.4 Å². The average Bonchev–Trinajstić information content (AvgIpc) is 2.18. The highest BCUT2D eigenvalue weighted by atomic mass is 16.3. The van der Waals surface area contributed by atoms with Crippen molar-refractivity contribution in [2.24, 2.45) is 0 Å². The van der Waals surface area contributed by atoms with E-state index in [-0.39, 0.29) is 24.6 Å². The summed E-state index contributed by atoms with van der Waals surface area (Å²) in [6.45, 7) is 0.215. The number of carbonyl (C=O) groups excluding carboxylic acids is 1. The van der Waals surface area contributed by atoms with Gasteiger partial charge in [0, 0.05) is 5.56 Å². The second-order valence-electron chi connectivity index (χ2n) is 2.79. The van der Waals surface area contributed by atoms with Crippen molar-refractivity contribution in [3.05, 3.63) is 29.8 Å². The van der Waals surface area contributed by atoms with E-state index in [4.69, 9.17) is 6.42 Å². The number of rotatable bonds is 3. The third-order valence-corrected chi connectivity index (χ3v) is 1.73. The van der Waals surface area contributed by atoms with E-state index in [1.807, 2.05) is 0 Å². The quantitative estimate of drug-likeness (QED) is 0.687. The molecule has 0 fully saturated rings. The molecule has 1 rings (SSSR count). The third kappa shape index (κ3) is 2.83. The molecule has 1 aromatic rings. The van der Waals surface area contributed by atoms with Crippen molar-refractivity contribution in [3.63, 3.8) is 0 Å². The zero-order valence-electron chi connectivity index (χ0n) is 7.66. The van der Waals surface area contributed by atoms with Gasteiger partial charge in [0.05, 0.1) is 13.0 Å². The minimum absolute atomic E-state index is 0.128. The second-order valence-corrected chi connectivity index (χ2v) is 2.79. The summed E-state index contributed by atoms with van der Waals surface area (Å²) >= 11 is 0. The van der Waals surface area contributed by atoms with Gasteiger partial charge in [-0.3, -0.25) is 4.79 Å². The van der Waals surface area contributed by atoms with Crippen molar-refractivity contribution in [3.8, 4) is 18.1 Å². The van der Waals surface area contributed by atoms with Gasteiger partial charge in [0.1, 0.15) is 5.75 Å². The molecule has 3 nitrogen and oxygen atoms in total. The molecule has 0 saturated heterocycles. The van der Waals surface area contributed by atoms with Crippen LogP contribution in [-0.4, -0.2) is 17.6 Å². The number of carbonyl (C=O) groups is 1. The Hall–Kier alpha value is -1.95. The molecule has 0 heterocycles. The predicted molar refractivity (Wildman–Crippen MR) is 53.7 cm³/mol. The van der Waals surface area contributed by atoms with Crippen LogP contribution in [0.4, 0.5) is 0 Å². The molecule has 0 bridgehead atoms. The number of para-hydroxylation sites is 1. The summed E-state index contributed by atoms with van der Waals surface area (Å²) in [6.07, 6.45) is 5.13. The van der Waals surface area contributed by atoms with Gasteiger partial charge in [-0.1, -0.05) is 24.1 Å². The van der Waals surface area contributed by atoms with Gasteiger partial charge in [-0.15, -0.1) is 6.42 Å². The highest BCUT2D eigenvalue weighted by Gasteiger charge is 2.05. The standard InChI is InChI=1S/C11H11NO2/c1-2-7-12-11(14)8-9-5-3-4-6-10(9)13/h1,3-6,13H,7-8H2,(H,12,14). The monoisotopic (exact) mass is 189 g/mol. The maximum absolute atomic E-state index is 11.2. The Labute approximate surface area is 82.8 Å². The fraction of sp³-hybridized carbons (Fsp3) is 0.182. The number of phenolic OH excluding ortho intramolecular Hbond substituents is 1. The molecule has 0 radical (unpaired) electrons. The van der Waals surface area contributed by atoms with Crippen LogP contribution in [0, 0.1) is 12.3 Å². The van der Waals surface area contributed by atoms with E-state index in [9.17, 15) is 9.90 Å². The van der Waals surface area contributed by atoms with Crippen LogP contribution in [0.5, 0.6) is 5.75 Å². The Morgan fingerprint density at radius 3 is 2.86 bits per heavy atom. The molecule has 0 unspecified atom stereocenters. The second kappa shape index (κ2) is 4.93. The van der Waals surface area contributed by atoms with Crippen molar-refractivity contribution >= 4 is 5.91 Å².